The van der Waals surface area contributed by atoms with Crippen LogP contribution in [-0.2, 0) is 115 Å². The number of hydroxylamine groups is 6. The van der Waals surface area contributed by atoms with Gasteiger partial charge in [0, 0.05) is 146 Å². The van der Waals surface area contributed by atoms with E-state index in [2.05, 4.69) is 5.32 Å². The molecule has 9 aliphatic rings. The summed E-state index contributed by atoms with van der Waals surface area (Å²) in [4.78, 5) is 248. The summed E-state index contributed by atoms with van der Waals surface area (Å²) < 4.78 is 5.35. The SMILES string of the molecule is C.C.CC(=O)CCN1C(=O)C=CC1=O.O=C(CCCCCOC(=O)C1CCC(CN2C(=O)C=CC2=O)CC1)ON1C(=O)CCC1=O.O=C(CCN1C(=O)C=CC1=O)NCCCCCC(=O)ON1C(=O)CCC1=O.O=C(ON1C(=O)CCC1=O)C1CCC(CN2C(=O)C=CC2=O)CC1. The van der Waals surface area contributed by atoms with Crippen molar-refractivity contribution < 1.29 is 115 Å². The Bertz CT molecular complexity index is 3090. The van der Waals surface area contributed by atoms with Crippen molar-refractivity contribution in [3.63, 3.8) is 0 Å². The van der Waals surface area contributed by atoms with Crippen LogP contribution in [0.4, 0.5) is 0 Å². The summed E-state index contributed by atoms with van der Waals surface area (Å²) in [6, 6.07) is 0. The number of ether oxygens (including phenoxy) is 1. The molecule has 7 heterocycles. The number of hydrogen-bond donors (Lipinski definition) is 1. The van der Waals surface area contributed by atoms with Gasteiger partial charge in [0.2, 0.25) is 5.91 Å². The van der Waals surface area contributed by atoms with E-state index in [0.29, 0.717) is 112 Å². The van der Waals surface area contributed by atoms with Crippen LogP contribution in [0.1, 0.15) is 176 Å². The molecule has 15 amide bonds. The van der Waals surface area contributed by atoms with E-state index in [1.54, 1.807) is 0 Å². The fraction of sp³-hybridized carbons (Fsp3) is 0.569. The highest BCUT2D eigenvalue weighted by molar-refractivity contribution is 6.15. The van der Waals surface area contributed by atoms with Crippen molar-refractivity contribution >= 4 is 118 Å². The van der Waals surface area contributed by atoms with E-state index in [1.807, 2.05) is 0 Å². The minimum Gasteiger partial charge on any atom is -0.465 e. The highest BCUT2D eigenvalue weighted by atomic mass is 16.7. The number of carbonyl (C=O) groups excluding carboxylic acids is 20. The summed E-state index contributed by atoms with van der Waals surface area (Å²) in [5.74, 6) is -8.19. The Hall–Kier alpha value is -10.0. The molecule has 0 aromatic carbocycles. The second-order valence-electron chi connectivity index (χ2n) is 23.4. The van der Waals surface area contributed by atoms with Crippen molar-refractivity contribution in [3.8, 4) is 0 Å². The van der Waals surface area contributed by atoms with E-state index in [9.17, 15) is 95.9 Å². The number of nitrogens with one attached hydrogen (secondary N) is 1. The molecule has 0 unspecified atom stereocenters. The van der Waals surface area contributed by atoms with Crippen LogP contribution in [0.25, 0.3) is 0 Å². The summed E-state index contributed by atoms with van der Waals surface area (Å²) in [7, 11) is 0. The number of Topliss-reactive ketones (excluding diaryl/α,β-unsaturated/α-hetero) is 1. The van der Waals surface area contributed by atoms with Crippen LogP contribution < -0.4 is 5.32 Å². The van der Waals surface area contributed by atoms with Gasteiger partial charge in [-0.25, -0.2) is 14.4 Å². The smallest absolute Gasteiger partial charge is 0.336 e. The number of ketones is 1. The molecule has 0 spiro atoms. The first-order valence-corrected chi connectivity index (χ1v) is 31.6. The Labute approximate surface area is 559 Å². The van der Waals surface area contributed by atoms with Crippen molar-refractivity contribution in [2.45, 2.75) is 176 Å². The first kappa shape index (κ1) is 79.4. The molecular formula is C65H84N8O24. The van der Waals surface area contributed by atoms with Gasteiger partial charge in [-0.2, -0.15) is 0 Å². The first-order valence-electron chi connectivity index (χ1n) is 31.6. The molecule has 0 aromatic rings. The molecule has 2 saturated carbocycles. The predicted molar refractivity (Wildman–Crippen MR) is 330 cm³/mol. The maximum atomic E-state index is 12.3. The Morgan fingerprint density at radius 3 is 1.06 bits per heavy atom. The van der Waals surface area contributed by atoms with Crippen LogP contribution in [0.2, 0.25) is 0 Å². The number of hydrogen-bond acceptors (Lipinski definition) is 24. The van der Waals surface area contributed by atoms with E-state index in [-0.39, 0.29) is 176 Å². The quantitative estimate of drug-likeness (QED) is 0.0701. The monoisotopic (exact) mass is 1360 g/mol. The maximum Gasteiger partial charge on any atom is 0.336 e. The molecule has 0 bridgehead atoms. The zero-order valence-electron chi connectivity index (χ0n) is 52.6. The lowest BCUT2D eigenvalue weighted by atomic mass is 9.82. The fourth-order valence-electron chi connectivity index (χ4n) is 10.8. The van der Waals surface area contributed by atoms with Gasteiger partial charge in [0.1, 0.15) is 5.78 Å². The summed E-state index contributed by atoms with van der Waals surface area (Å²) in [5, 5.41) is 4.30. The zero-order chi connectivity index (χ0) is 69.3. The Morgan fingerprint density at radius 1 is 0.381 bits per heavy atom. The Balaban J connectivity index is 0.000000284. The van der Waals surface area contributed by atoms with Gasteiger partial charge in [-0.1, -0.05) is 21.3 Å². The third-order valence-electron chi connectivity index (χ3n) is 16.3. The molecule has 3 saturated heterocycles. The minimum atomic E-state index is -0.642. The number of carbonyl (C=O) groups is 20. The van der Waals surface area contributed by atoms with Crippen LogP contribution in [0, 0.1) is 23.7 Å². The average Bonchev–Trinajstić information content (AvgIpc) is 1.87. The summed E-state index contributed by atoms with van der Waals surface area (Å²) in [6.07, 6.45) is 19.5. The van der Waals surface area contributed by atoms with Crippen LogP contribution in [0.5, 0.6) is 0 Å². The highest BCUT2D eigenvalue weighted by Crippen LogP contribution is 2.33. The van der Waals surface area contributed by atoms with Gasteiger partial charge in [0.05, 0.1) is 18.4 Å². The van der Waals surface area contributed by atoms with E-state index < -0.39 is 65.2 Å². The highest BCUT2D eigenvalue weighted by Gasteiger charge is 2.39. The topological polar surface area (TPSA) is 413 Å². The van der Waals surface area contributed by atoms with Crippen molar-refractivity contribution in [2.24, 2.45) is 23.7 Å². The van der Waals surface area contributed by atoms with Gasteiger partial charge in [-0.05, 0) is 102 Å². The number of unbranched alkanes of at least 4 members (excludes halogenated alkanes) is 4. The van der Waals surface area contributed by atoms with E-state index in [0.717, 1.165) is 22.6 Å². The van der Waals surface area contributed by atoms with Crippen molar-refractivity contribution in [2.75, 3.05) is 39.3 Å². The molecule has 0 aromatic heterocycles. The van der Waals surface area contributed by atoms with Crippen LogP contribution in [0.15, 0.2) is 48.6 Å². The summed E-state index contributed by atoms with van der Waals surface area (Å²) >= 11 is 0. The third kappa shape index (κ3) is 24.6. The first-order chi connectivity index (χ1) is 45.3. The van der Waals surface area contributed by atoms with E-state index in [1.165, 1.54) is 65.3 Å². The van der Waals surface area contributed by atoms with Gasteiger partial charge in [0.25, 0.3) is 82.7 Å². The lowest BCUT2D eigenvalue weighted by Crippen LogP contribution is -2.38. The van der Waals surface area contributed by atoms with Gasteiger partial charge in [-0.3, -0.25) is 101 Å². The van der Waals surface area contributed by atoms with Crippen molar-refractivity contribution in [1.82, 2.24) is 40.1 Å². The lowest BCUT2D eigenvalue weighted by molar-refractivity contribution is -0.201. The second-order valence-corrected chi connectivity index (χ2v) is 23.4. The molecule has 0 radical (unpaired) electrons. The normalized spacial score (nSPS) is 21.0. The Morgan fingerprint density at radius 2 is 0.701 bits per heavy atom. The third-order valence-corrected chi connectivity index (χ3v) is 16.3. The molecule has 9 rings (SSSR count). The molecule has 32 nitrogen and oxygen atoms in total. The minimum absolute atomic E-state index is 0. The number of amides is 15. The Kier molecular flexibility index (Phi) is 32.0. The van der Waals surface area contributed by atoms with Gasteiger partial charge in [-0.15, -0.1) is 15.2 Å². The number of rotatable bonds is 27. The largest absolute Gasteiger partial charge is 0.465 e. The standard InChI is InChI=1S/C22H28N2O8.C17H21N3O7.C16H18N2O6.C8H9NO3.2CH4/c25-17-9-10-18(26)23(17)14-15-5-7-16(8-6-15)22(30)31-13-3-1-2-4-21(29)32-24-19(27)11-12-20(24)28;21-12(9-11-19-13(22)5-6-14(19)23)18-10-3-1-2-4-17(26)27-20-15(24)7-8-16(20)25;19-12-5-6-13(20)17(12)9-10-1-3-11(4-2-10)16(23)24-18-14(21)7-8-15(18)22;1-6(10)4-5-9-7(11)2-3-8(9)12;;/h9-10,15-16H,1-8,11-14H2;5-6H,1-4,7-11H2,(H,18,21);5-6,10-11H,1-4,7-9H2;2-3H,4-5H2,1H3;2*1H4. The molecule has 2 aliphatic carbocycles. The molecule has 7 aliphatic heterocycles. The number of esters is 1. The molecule has 97 heavy (non-hydrogen) atoms. The molecule has 0 atom stereocenters. The van der Waals surface area contributed by atoms with E-state index in [4.69, 9.17) is 19.2 Å². The van der Waals surface area contributed by atoms with Crippen molar-refractivity contribution in [3.05, 3.63) is 48.6 Å². The fourth-order valence-corrected chi connectivity index (χ4v) is 10.8. The maximum absolute atomic E-state index is 12.3. The van der Waals surface area contributed by atoms with Crippen LogP contribution >= 0.6 is 0 Å². The van der Waals surface area contributed by atoms with Gasteiger partial charge >= 0.3 is 23.9 Å². The van der Waals surface area contributed by atoms with Gasteiger partial charge < -0.3 is 24.6 Å². The van der Waals surface area contributed by atoms with Crippen molar-refractivity contribution in [1.29, 1.82) is 0 Å². The zero-order valence-corrected chi connectivity index (χ0v) is 52.6. The number of nitrogens with zero attached hydrogens (tertiary/aromatic N) is 7. The van der Waals surface area contributed by atoms with Crippen LogP contribution in [0.3, 0.4) is 0 Å². The summed E-state index contributed by atoms with van der Waals surface area (Å²) in [6.45, 7) is 3.08. The average molecular weight is 1360 g/mol. The predicted octanol–water partition coefficient (Wildman–Crippen LogP) is 2.50. The van der Waals surface area contributed by atoms with Crippen LogP contribution in [-0.4, -0.2) is 192 Å². The molecule has 1 N–H and O–H groups in total. The molecule has 32 heteroatoms. The molecule has 5 fully saturated rings. The summed E-state index contributed by atoms with van der Waals surface area (Å²) in [5.41, 5.74) is 0. The second kappa shape index (κ2) is 39.1. The lowest BCUT2D eigenvalue weighted by Gasteiger charge is -2.29. The number of imide groups is 7. The molecule has 528 valence electrons. The molecular weight excluding hydrogens is 1280 g/mol. The van der Waals surface area contributed by atoms with E-state index >= 15 is 0 Å². The van der Waals surface area contributed by atoms with Gasteiger partial charge in [0.15, 0.2) is 0 Å².